The molecule has 0 bridgehead atoms. The summed E-state index contributed by atoms with van der Waals surface area (Å²) >= 11 is 1.75. The van der Waals surface area contributed by atoms with Crippen LogP contribution in [0.25, 0.3) is 0 Å². The Balaban J connectivity index is 1.69. The highest BCUT2D eigenvalue weighted by molar-refractivity contribution is 7.99. The average Bonchev–Trinajstić information content (AvgIpc) is 3.18. The van der Waals surface area contributed by atoms with Crippen LogP contribution in [0.4, 0.5) is 4.39 Å². The highest BCUT2D eigenvalue weighted by atomic mass is 32.2. The lowest BCUT2D eigenvalue weighted by atomic mass is 10.1. The second kappa shape index (κ2) is 10.1. The minimum atomic E-state index is -0.242. The molecule has 0 N–H and O–H groups in total. The molecule has 1 saturated heterocycles. The van der Waals surface area contributed by atoms with Crippen LogP contribution in [0, 0.1) is 12.7 Å². The molecular weight excluding hydrogens is 371 g/mol. The van der Waals surface area contributed by atoms with Crippen molar-refractivity contribution in [3.05, 3.63) is 71.0 Å². The summed E-state index contributed by atoms with van der Waals surface area (Å²) in [6.07, 6.45) is 2.19. The maximum Gasteiger partial charge on any atom is 0.237 e. The first kappa shape index (κ1) is 20.9. The van der Waals surface area contributed by atoms with Gasteiger partial charge in [0.05, 0.1) is 6.54 Å². The number of unbranched alkanes of at least 4 members (excludes halogenated alkanes) is 1. The molecule has 1 aliphatic heterocycles. The molecule has 2 aromatic rings. The van der Waals surface area contributed by atoms with Gasteiger partial charge in [-0.05, 0) is 48.7 Å². The van der Waals surface area contributed by atoms with Gasteiger partial charge in [-0.15, -0.1) is 11.8 Å². The topological polar surface area (TPSA) is 23.6 Å². The highest BCUT2D eigenvalue weighted by Crippen LogP contribution is 2.38. The van der Waals surface area contributed by atoms with Gasteiger partial charge in [-0.2, -0.15) is 0 Å². The van der Waals surface area contributed by atoms with Gasteiger partial charge in [-0.25, -0.2) is 4.39 Å². The summed E-state index contributed by atoms with van der Waals surface area (Å²) in [6, 6.07) is 14.9. The molecule has 0 spiro atoms. The van der Waals surface area contributed by atoms with Crippen LogP contribution >= 0.6 is 11.8 Å². The van der Waals surface area contributed by atoms with Crippen LogP contribution in [0.5, 0.6) is 0 Å². The Morgan fingerprint density at radius 2 is 1.96 bits per heavy atom. The molecule has 28 heavy (non-hydrogen) atoms. The first-order valence-electron chi connectivity index (χ1n) is 10.0. The van der Waals surface area contributed by atoms with E-state index >= 15 is 0 Å². The van der Waals surface area contributed by atoms with E-state index in [1.807, 2.05) is 4.90 Å². The molecular formula is C23H29FN2OS. The predicted molar refractivity (Wildman–Crippen MR) is 115 cm³/mol. The summed E-state index contributed by atoms with van der Waals surface area (Å²) in [7, 11) is 0. The van der Waals surface area contributed by atoms with E-state index in [1.165, 1.54) is 23.3 Å². The fraction of sp³-hybridized carbons (Fsp3) is 0.435. The van der Waals surface area contributed by atoms with Crippen LogP contribution in [0.15, 0.2) is 48.5 Å². The van der Waals surface area contributed by atoms with Crippen molar-refractivity contribution in [1.29, 1.82) is 0 Å². The molecule has 150 valence electrons. The van der Waals surface area contributed by atoms with Crippen molar-refractivity contribution < 1.29 is 9.18 Å². The van der Waals surface area contributed by atoms with Crippen LogP contribution in [0.1, 0.15) is 41.8 Å². The molecule has 1 fully saturated rings. The minimum absolute atomic E-state index is 0.0143. The Bertz CT molecular complexity index is 780. The van der Waals surface area contributed by atoms with E-state index in [9.17, 15) is 9.18 Å². The van der Waals surface area contributed by atoms with Crippen molar-refractivity contribution in [2.45, 2.75) is 38.6 Å². The second-order valence-electron chi connectivity index (χ2n) is 7.35. The Hall–Kier alpha value is -1.85. The van der Waals surface area contributed by atoms with Crippen LogP contribution < -0.4 is 0 Å². The quantitative estimate of drug-likeness (QED) is 0.622. The van der Waals surface area contributed by atoms with Crippen molar-refractivity contribution >= 4 is 17.7 Å². The van der Waals surface area contributed by atoms with Crippen LogP contribution in [0.2, 0.25) is 0 Å². The SMILES string of the molecule is CCCCN(CC(=O)N1CCS[C@@H]1c1ccc(F)cc1)Cc1ccccc1C. The summed E-state index contributed by atoms with van der Waals surface area (Å²) in [5.41, 5.74) is 3.53. The Kier molecular flexibility index (Phi) is 7.51. The van der Waals surface area contributed by atoms with Gasteiger partial charge < -0.3 is 4.90 Å². The Labute approximate surface area is 171 Å². The Morgan fingerprint density at radius 3 is 2.68 bits per heavy atom. The van der Waals surface area contributed by atoms with Crippen LogP contribution in [-0.4, -0.2) is 41.1 Å². The molecule has 5 heteroatoms. The van der Waals surface area contributed by atoms with Gasteiger partial charge in [0.1, 0.15) is 11.2 Å². The van der Waals surface area contributed by atoms with E-state index < -0.39 is 0 Å². The molecule has 1 amide bonds. The molecule has 1 heterocycles. The number of nitrogens with zero attached hydrogens (tertiary/aromatic N) is 2. The first-order chi connectivity index (χ1) is 13.6. The van der Waals surface area contributed by atoms with Gasteiger partial charge in [0.2, 0.25) is 5.91 Å². The van der Waals surface area contributed by atoms with Gasteiger partial charge in [-0.3, -0.25) is 9.69 Å². The van der Waals surface area contributed by atoms with Crippen molar-refractivity contribution in [2.75, 3.05) is 25.4 Å². The number of aryl methyl sites for hydroxylation is 1. The highest BCUT2D eigenvalue weighted by Gasteiger charge is 2.31. The zero-order valence-corrected chi connectivity index (χ0v) is 17.6. The van der Waals surface area contributed by atoms with Crippen molar-refractivity contribution in [1.82, 2.24) is 9.80 Å². The minimum Gasteiger partial charge on any atom is -0.325 e. The number of halogens is 1. The predicted octanol–water partition coefficient (Wildman–Crippen LogP) is 5.01. The van der Waals surface area contributed by atoms with Crippen molar-refractivity contribution in [3.63, 3.8) is 0 Å². The number of benzene rings is 2. The number of rotatable bonds is 8. The van der Waals surface area contributed by atoms with Gasteiger partial charge >= 0.3 is 0 Å². The third-order valence-corrected chi connectivity index (χ3v) is 6.47. The van der Waals surface area contributed by atoms with Crippen LogP contribution in [-0.2, 0) is 11.3 Å². The van der Waals surface area contributed by atoms with E-state index in [1.54, 1.807) is 23.9 Å². The Morgan fingerprint density at radius 1 is 1.21 bits per heavy atom. The number of carbonyl (C=O) groups excluding carboxylic acids is 1. The fourth-order valence-corrected chi connectivity index (χ4v) is 4.81. The van der Waals surface area contributed by atoms with Gasteiger partial charge in [0, 0.05) is 18.8 Å². The zero-order chi connectivity index (χ0) is 19.9. The summed E-state index contributed by atoms with van der Waals surface area (Å²) in [5.74, 6) is 0.832. The van der Waals surface area contributed by atoms with Crippen molar-refractivity contribution in [2.24, 2.45) is 0 Å². The standard InChI is InChI=1S/C23H29FN2OS/c1-3-4-13-25(16-20-8-6-5-7-18(20)2)17-22(27)26-14-15-28-23(26)19-9-11-21(24)12-10-19/h5-12,23H,3-4,13-17H2,1-2H3/t23-/m1/s1. The molecule has 2 aromatic carbocycles. The molecule has 0 aromatic heterocycles. The van der Waals surface area contributed by atoms with Gasteiger partial charge in [0.25, 0.3) is 0 Å². The van der Waals surface area contributed by atoms with Gasteiger partial charge in [-0.1, -0.05) is 49.7 Å². The largest absolute Gasteiger partial charge is 0.325 e. The van der Waals surface area contributed by atoms with E-state index in [0.29, 0.717) is 6.54 Å². The number of carbonyl (C=O) groups is 1. The summed E-state index contributed by atoms with van der Waals surface area (Å²) < 4.78 is 13.3. The lowest BCUT2D eigenvalue weighted by molar-refractivity contribution is -0.132. The third kappa shape index (κ3) is 5.36. The number of thioether (sulfide) groups is 1. The number of amides is 1. The molecule has 1 atom stereocenters. The summed E-state index contributed by atoms with van der Waals surface area (Å²) in [4.78, 5) is 17.4. The molecule has 3 nitrogen and oxygen atoms in total. The molecule has 0 unspecified atom stereocenters. The number of hydrogen-bond donors (Lipinski definition) is 0. The smallest absolute Gasteiger partial charge is 0.237 e. The summed E-state index contributed by atoms with van der Waals surface area (Å²) in [6.45, 7) is 7.18. The lowest BCUT2D eigenvalue weighted by Crippen LogP contribution is -2.40. The van der Waals surface area contributed by atoms with E-state index in [2.05, 4.69) is 43.0 Å². The van der Waals surface area contributed by atoms with E-state index in [-0.39, 0.29) is 17.1 Å². The maximum absolute atomic E-state index is 13.3. The van der Waals surface area contributed by atoms with E-state index in [0.717, 1.165) is 43.8 Å². The normalized spacial score (nSPS) is 16.7. The fourth-order valence-electron chi connectivity index (χ4n) is 3.54. The monoisotopic (exact) mass is 400 g/mol. The molecule has 1 aliphatic rings. The molecule has 0 saturated carbocycles. The number of hydrogen-bond acceptors (Lipinski definition) is 3. The van der Waals surface area contributed by atoms with Gasteiger partial charge in [0.15, 0.2) is 0 Å². The molecule has 3 rings (SSSR count). The van der Waals surface area contributed by atoms with E-state index in [4.69, 9.17) is 0 Å². The maximum atomic E-state index is 13.3. The second-order valence-corrected chi connectivity index (χ2v) is 8.54. The lowest BCUT2D eigenvalue weighted by Gasteiger charge is -2.28. The molecule has 0 radical (unpaired) electrons. The first-order valence-corrected chi connectivity index (χ1v) is 11.1. The average molecular weight is 401 g/mol. The summed E-state index contributed by atoms with van der Waals surface area (Å²) in [5, 5.41) is -0.0143. The van der Waals surface area contributed by atoms with Crippen LogP contribution in [0.3, 0.4) is 0 Å². The third-order valence-electron chi connectivity index (χ3n) is 5.21. The zero-order valence-electron chi connectivity index (χ0n) is 16.7. The van der Waals surface area contributed by atoms with Crippen molar-refractivity contribution in [3.8, 4) is 0 Å². The molecule has 0 aliphatic carbocycles.